The van der Waals surface area contributed by atoms with Gasteiger partial charge in [0.1, 0.15) is 12.3 Å². The molecule has 1 amide bonds. The summed E-state index contributed by atoms with van der Waals surface area (Å²) < 4.78 is 0. The molecule has 4 nitrogen and oxygen atoms in total. The van der Waals surface area contributed by atoms with Gasteiger partial charge in [-0.2, -0.15) is 0 Å². The Morgan fingerprint density at radius 2 is 2.37 bits per heavy atom. The van der Waals surface area contributed by atoms with Crippen molar-refractivity contribution in [3.63, 3.8) is 0 Å². The topological polar surface area (TPSA) is 62.2 Å². The number of nitrogens with zero attached hydrogens (tertiary/aromatic N) is 1. The number of aromatic nitrogens is 1. The summed E-state index contributed by atoms with van der Waals surface area (Å²) >= 11 is 2.95. The Kier molecular flexibility index (Phi) is 4.68. The van der Waals surface area contributed by atoms with Gasteiger partial charge in [0.2, 0.25) is 0 Å². The van der Waals surface area contributed by atoms with Gasteiger partial charge in [-0.05, 0) is 19.1 Å². The van der Waals surface area contributed by atoms with Crippen LogP contribution in [0.1, 0.15) is 25.3 Å². The van der Waals surface area contributed by atoms with E-state index in [9.17, 15) is 4.79 Å². The predicted molar refractivity (Wildman–Crippen MR) is 76.3 cm³/mol. The van der Waals surface area contributed by atoms with Crippen LogP contribution in [0, 0.1) is 18.8 Å². The lowest BCUT2D eigenvalue weighted by molar-refractivity contribution is 0.0947. The van der Waals surface area contributed by atoms with Gasteiger partial charge in [-0.1, -0.05) is 11.8 Å². The summed E-state index contributed by atoms with van der Waals surface area (Å²) in [5.74, 6) is 5.26. The van der Waals surface area contributed by atoms with Crippen LogP contribution in [0.25, 0.3) is 0 Å². The number of rotatable bonds is 3. The van der Waals surface area contributed by atoms with E-state index in [-0.39, 0.29) is 12.5 Å². The van der Waals surface area contributed by atoms with Crippen LogP contribution in [0.4, 0.5) is 0 Å². The molecule has 0 saturated carbocycles. The number of carbonyl (C=O) groups excluding carboxylic acids is 1. The fraction of sp³-hybridized carbons (Fsp3) is 0.231. The summed E-state index contributed by atoms with van der Waals surface area (Å²) in [7, 11) is 0. The molecule has 2 rings (SSSR count). The molecule has 2 aromatic rings. The normalized spacial score (nSPS) is 9.79. The van der Waals surface area contributed by atoms with Gasteiger partial charge in [0.05, 0.1) is 16.4 Å². The average molecular weight is 292 g/mol. The van der Waals surface area contributed by atoms with Crippen molar-refractivity contribution in [2.75, 3.05) is 6.61 Å². The van der Waals surface area contributed by atoms with E-state index in [4.69, 9.17) is 5.11 Å². The van der Waals surface area contributed by atoms with E-state index in [1.54, 1.807) is 5.38 Å². The summed E-state index contributed by atoms with van der Waals surface area (Å²) in [6.45, 7) is 2.18. The second-order valence-corrected chi connectivity index (χ2v) is 5.89. The van der Waals surface area contributed by atoms with Crippen molar-refractivity contribution in [3.05, 3.63) is 38.0 Å². The zero-order chi connectivity index (χ0) is 13.7. The zero-order valence-electron chi connectivity index (χ0n) is 10.3. The molecule has 2 aromatic heterocycles. The van der Waals surface area contributed by atoms with Crippen molar-refractivity contribution in [1.29, 1.82) is 0 Å². The highest BCUT2D eigenvalue weighted by Crippen LogP contribution is 2.15. The van der Waals surface area contributed by atoms with E-state index < -0.39 is 0 Å². The molecule has 19 heavy (non-hydrogen) atoms. The molecule has 2 heterocycles. The van der Waals surface area contributed by atoms with Crippen molar-refractivity contribution < 1.29 is 9.90 Å². The smallest absolute Gasteiger partial charge is 0.271 e. The van der Waals surface area contributed by atoms with E-state index in [0.29, 0.717) is 12.2 Å². The number of aryl methyl sites for hydroxylation is 1. The number of aliphatic hydroxyl groups excluding tert-OH is 1. The third-order valence-corrected chi connectivity index (χ3v) is 4.00. The van der Waals surface area contributed by atoms with Gasteiger partial charge in [-0.25, -0.2) is 4.98 Å². The van der Waals surface area contributed by atoms with E-state index in [1.807, 2.05) is 19.1 Å². The van der Waals surface area contributed by atoms with Gasteiger partial charge >= 0.3 is 0 Å². The van der Waals surface area contributed by atoms with E-state index >= 15 is 0 Å². The molecule has 0 aromatic carbocycles. The summed E-state index contributed by atoms with van der Waals surface area (Å²) in [6.07, 6.45) is 0. The van der Waals surface area contributed by atoms with Crippen molar-refractivity contribution in [3.8, 4) is 11.8 Å². The minimum atomic E-state index is -0.166. The Morgan fingerprint density at radius 3 is 3.05 bits per heavy atom. The number of thiophene rings is 1. The maximum absolute atomic E-state index is 11.8. The number of nitrogens with one attached hydrogen (secondary N) is 1. The Morgan fingerprint density at radius 1 is 1.53 bits per heavy atom. The maximum Gasteiger partial charge on any atom is 0.271 e. The van der Waals surface area contributed by atoms with E-state index in [1.165, 1.54) is 22.7 Å². The molecule has 0 aliphatic rings. The minimum Gasteiger partial charge on any atom is -0.384 e. The van der Waals surface area contributed by atoms with Gasteiger partial charge in [0, 0.05) is 10.3 Å². The van der Waals surface area contributed by atoms with Crippen LogP contribution in [0.5, 0.6) is 0 Å². The molecule has 0 saturated heterocycles. The van der Waals surface area contributed by atoms with Crippen molar-refractivity contribution in [1.82, 2.24) is 10.3 Å². The highest BCUT2D eigenvalue weighted by atomic mass is 32.1. The highest BCUT2D eigenvalue weighted by Gasteiger charge is 2.09. The Labute approximate surface area is 119 Å². The van der Waals surface area contributed by atoms with E-state index in [2.05, 4.69) is 22.1 Å². The molecular formula is C13H12N2O2S2. The fourth-order valence-electron chi connectivity index (χ4n) is 1.39. The van der Waals surface area contributed by atoms with Crippen molar-refractivity contribution >= 4 is 28.6 Å². The lowest BCUT2D eigenvalue weighted by atomic mass is 10.4. The summed E-state index contributed by atoms with van der Waals surface area (Å²) in [5.41, 5.74) is 0.458. The molecule has 0 radical (unpaired) electrons. The average Bonchev–Trinajstić information content (AvgIpc) is 3.02. The summed E-state index contributed by atoms with van der Waals surface area (Å²) in [5, 5.41) is 14.0. The van der Waals surface area contributed by atoms with Crippen LogP contribution in [0.3, 0.4) is 0 Å². The SMILES string of the molecule is Cc1nc(C(=O)NCc2ccc(C#CCO)s2)cs1. The Bertz CT molecular complexity index is 634. The molecule has 0 aliphatic heterocycles. The van der Waals surface area contributed by atoms with Gasteiger partial charge < -0.3 is 10.4 Å². The molecule has 0 atom stereocenters. The van der Waals surface area contributed by atoms with Gasteiger partial charge in [0.15, 0.2) is 0 Å². The number of thiazole rings is 1. The van der Waals surface area contributed by atoms with Crippen LogP contribution in [-0.2, 0) is 6.54 Å². The molecule has 6 heteroatoms. The number of carbonyl (C=O) groups is 1. The molecule has 2 N–H and O–H groups in total. The van der Waals surface area contributed by atoms with Crippen LogP contribution >= 0.6 is 22.7 Å². The first-order chi connectivity index (χ1) is 9.19. The lowest BCUT2D eigenvalue weighted by Gasteiger charge is -1.99. The highest BCUT2D eigenvalue weighted by molar-refractivity contribution is 7.12. The number of hydrogen-bond acceptors (Lipinski definition) is 5. The van der Waals surface area contributed by atoms with Crippen LogP contribution in [0.2, 0.25) is 0 Å². The number of aliphatic hydroxyl groups is 1. The van der Waals surface area contributed by atoms with Crippen LogP contribution < -0.4 is 5.32 Å². The molecule has 0 bridgehead atoms. The first-order valence-corrected chi connectivity index (χ1v) is 7.27. The van der Waals surface area contributed by atoms with Crippen molar-refractivity contribution in [2.24, 2.45) is 0 Å². The van der Waals surface area contributed by atoms with Gasteiger partial charge in [-0.3, -0.25) is 4.79 Å². The Hall–Kier alpha value is -1.68. The first kappa shape index (κ1) is 13.7. The molecule has 0 unspecified atom stereocenters. The third kappa shape index (κ3) is 3.89. The summed E-state index contributed by atoms with van der Waals surface area (Å²) in [4.78, 5) is 17.8. The minimum absolute atomic E-state index is 0.146. The largest absolute Gasteiger partial charge is 0.384 e. The predicted octanol–water partition coefficient (Wildman–Crippen LogP) is 1.79. The van der Waals surface area contributed by atoms with Crippen LogP contribution in [-0.4, -0.2) is 22.6 Å². The third-order valence-electron chi connectivity index (χ3n) is 2.23. The Balaban J connectivity index is 1.92. The molecule has 0 aliphatic carbocycles. The quantitative estimate of drug-likeness (QED) is 0.848. The molecular weight excluding hydrogens is 280 g/mol. The fourth-order valence-corrected chi connectivity index (χ4v) is 2.81. The number of hydrogen-bond donors (Lipinski definition) is 2. The van der Waals surface area contributed by atoms with Crippen molar-refractivity contribution in [2.45, 2.75) is 13.5 Å². The molecule has 0 spiro atoms. The summed E-state index contributed by atoms with van der Waals surface area (Å²) in [6, 6.07) is 3.79. The molecule has 0 fully saturated rings. The van der Waals surface area contributed by atoms with Crippen LogP contribution in [0.15, 0.2) is 17.5 Å². The van der Waals surface area contributed by atoms with Gasteiger partial charge in [-0.15, -0.1) is 22.7 Å². The first-order valence-electron chi connectivity index (χ1n) is 5.58. The standard InChI is InChI=1S/C13H12N2O2S2/c1-9-15-12(8-18-9)13(17)14-7-11-5-4-10(19-11)3-2-6-16/h4-5,8,16H,6-7H2,1H3,(H,14,17). The molecule has 98 valence electrons. The van der Waals surface area contributed by atoms with Gasteiger partial charge in [0.25, 0.3) is 5.91 Å². The monoisotopic (exact) mass is 292 g/mol. The lowest BCUT2D eigenvalue weighted by Crippen LogP contribution is -2.22. The van der Waals surface area contributed by atoms with E-state index in [0.717, 1.165) is 14.8 Å². The number of amides is 1. The second-order valence-electron chi connectivity index (χ2n) is 3.66. The zero-order valence-corrected chi connectivity index (χ0v) is 11.9. The second kappa shape index (κ2) is 6.48. The maximum atomic E-state index is 11.8.